The van der Waals surface area contributed by atoms with Crippen molar-refractivity contribution in [3.8, 4) is 11.5 Å². The van der Waals surface area contributed by atoms with Crippen LogP contribution in [0.5, 0.6) is 11.5 Å². The third-order valence-corrected chi connectivity index (χ3v) is 4.72. The number of para-hydroxylation sites is 1. The lowest BCUT2D eigenvalue weighted by Crippen LogP contribution is -2.44. The molecular weight excluding hydrogens is 316 g/mol. The maximum Gasteiger partial charge on any atom is 0.241 e. The van der Waals surface area contributed by atoms with Crippen molar-refractivity contribution < 1.29 is 14.3 Å². The molecule has 0 bridgehead atoms. The molecule has 0 unspecified atom stereocenters. The number of carbonyl (C=O) groups is 1. The van der Waals surface area contributed by atoms with Crippen molar-refractivity contribution in [3.63, 3.8) is 0 Å². The number of carbonyl (C=O) groups excluding carboxylic acids is 1. The number of rotatable bonds is 5. The summed E-state index contributed by atoms with van der Waals surface area (Å²) in [6.07, 6.45) is 0.888. The summed E-state index contributed by atoms with van der Waals surface area (Å²) in [5.74, 6) is 1.49. The third-order valence-electron chi connectivity index (χ3n) is 4.72. The summed E-state index contributed by atoms with van der Waals surface area (Å²) in [5, 5.41) is 2.98. The van der Waals surface area contributed by atoms with E-state index in [1.165, 1.54) is 11.1 Å². The first-order chi connectivity index (χ1) is 12.1. The Labute approximate surface area is 148 Å². The van der Waals surface area contributed by atoms with Gasteiger partial charge in [-0.3, -0.25) is 9.69 Å². The highest BCUT2D eigenvalue weighted by molar-refractivity contribution is 5.94. The van der Waals surface area contributed by atoms with Crippen LogP contribution in [-0.4, -0.2) is 37.6 Å². The Morgan fingerprint density at radius 2 is 1.72 bits per heavy atom. The van der Waals surface area contributed by atoms with Gasteiger partial charge in [0.1, 0.15) is 0 Å². The maximum absolute atomic E-state index is 12.5. The fourth-order valence-corrected chi connectivity index (χ4v) is 3.17. The normalized spacial score (nSPS) is 15.2. The number of fused-ring (bicyclic) bond motifs is 1. The molecule has 1 N–H and O–H groups in total. The number of hydrogen-bond donors (Lipinski definition) is 1. The lowest BCUT2D eigenvalue weighted by Gasteiger charge is -2.33. The molecule has 2 aromatic rings. The Bertz CT molecular complexity index is 746. The molecule has 0 aromatic heterocycles. The van der Waals surface area contributed by atoms with Gasteiger partial charge in [0.05, 0.1) is 20.3 Å². The van der Waals surface area contributed by atoms with Crippen LogP contribution in [0.15, 0.2) is 42.5 Å². The molecule has 25 heavy (non-hydrogen) atoms. The molecule has 1 aliphatic rings. The van der Waals surface area contributed by atoms with Gasteiger partial charge in [-0.1, -0.05) is 18.2 Å². The molecule has 0 saturated carbocycles. The van der Waals surface area contributed by atoms with E-state index in [1.807, 2.05) is 49.4 Å². The molecule has 0 aliphatic carbocycles. The molecule has 3 rings (SSSR count). The first-order valence-corrected chi connectivity index (χ1v) is 8.46. The minimum Gasteiger partial charge on any atom is -0.493 e. The van der Waals surface area contributed by atoms with Crippen LogP contribution in [0.3, 0.4) is 0 Å². The summed E-state index contributed by atoms with van der Waals surface area (Å²) in [6, 6.07) is 13.4. The Kier molecular flexibility index (Phi) is 5.24. The zero-order valence-electron chi connectivity index (χ0n) is 14.9. The number of ether oxygens (including phenoxy) is 2. The van der Waals surface area contributed by atoms with Crippen molar-refractivity contribution in [1.82, 2.24) is 4.90 Å². The van der Waals surface area contributed by atoms with Crippen molar-refractivity contribution in [3.05, 3.63) is 53.6 Å². The van der Waals surface area contributed by atoms with Gasteiger partial charge in [0.15, 0.2) is 11.5 Å². The van der Waals surface area contributed by atoms with Crippen molar-refractivity contribution in [2.45, 2.75) is 25.9 Å². The molecule has 0 saturated heterocycles. The first-order valence-electron chi connectivity index (χ1n) is 8.46. The van der Waals surface area contributed by atoms with Crippen LogP contribution < -0.4 is 14.8 Å². The van der Waals surface area contributed by atoms with Crippen molar-refractivity contribution in [2.75, 3.05) is 26.1 Å². The van der Waals surface area contributed by atoms with Gasteiger partial charge in [-0.15, -0.1) is 0 Å². The molecule has 1 atom stereocenters. The molecule has 1 amide bonds. The van der Waals surface area contributed by atoms with Gasteiger partial charge < -0.3 is 14.8 Å². The van der Waals surface area contributed by atoms with Crippen LogP contribution in [0.25, 0.3) is 0 Å². The summed E-state index contributed by atoms with van der Waals surface area (Å²) in [7, 11) is 3.29. The van der Waals surface area contributed by atoms with E-state index in [9.17, 15) is 4.79 Å². The summed E-state index contributed by atoms with van der Waals surface area (Å²) in [6.45, 7) is 3.51. The molecular formula is C20H24N2O3. The molecule has 2 aromatic carbocycles. The highest BCUT2D eigenvalue weighted by atomic mass is 16.5. The number of hydrogen-bond acceptors (Lipinski definition) is 4. The van der Waals surface area contributed by atoms with E-state index in [1.54, 1.807) is 14.2 Å². The molecule has 1 aliphatic heterocycles. The number of nitrogens with one attached hydrogen (secondary N) is 1. The Balaban J connectivity index is 1.72. The quantitative estimate of drug-likeness (QED) is 0.909. The highest BCUT2D eigenvalue weighted by Crippen LogP contribution is 2.33. The second-order valence-electron chi connectivity index (χ2n) is 6.23. The van der Waals surface area contributed by atoms with Crippen molar-refractivity contribution in [1.29, 1.82) is 0 Å². The predicted molar refractivity (Wildman–Crippen MR) is 98.2 cm³/mol. The monoisotopic (exact) mass is 340 g/mol. The minimum atomic E-state index is -0.207. The van der Waals surface area contributed by atoms with Gasteiger partial charge in [0.2, 0.25) is 5.91 Å². The van der Waals surface area contributed by atoms with Crippen LogP contribution >= 0.6 is 0 Å². The van der Waals surface area contributed by atoms with Gasteiger partial charge >= 0.3 is 0 Å². The minimum absolute atomic E-state index is 0.00938. The van der Waals surface area contributed by atoms with E-state index in [0.29, 0.717) is 0 Å². The average Bonchev–Trinajstić information content (AvgIpc) is 2.66. The molecule has 1 heterocycles. The van der Waals surface area contributed by atoms with Gasteiger partial charge in [0.25, 0.3) is 0 Å². The van der Waals surface area contributed by atoms with Gasteiger partial charge in [-0.25, -0.2) is 0 Å². The van der Waals surface area contributed by atoms with Gasteiger partial charge in [-0.05, 0) is 48.7 Å². The molecule has 0 spiro atoms. The standard InChI is InChI=1S/C20H24N2O3/c1-14(20(23)21-17-7-5-4-6-8-17)22-10-9-15-11-18(24-2)19(25-3)12-16(15)13-22/h4-8,11-12,14H,9-10,13H2,1-3H3,(H,21,23)/t14-/m1/s1. The summed E-state index contributed by atoms with van der Waals surface area (Å²) < 4.78 is 10.8. The lowest BCUT2D eigenvalue weighted by molar-refractivity contribution is -0.121. The predicted octanol–water partition coefficient (Wildman–Crippen LogP) is 3.09. The van der Waals surface area contributed by atoms with Crippen LogP contribution in [0.1, 0.15) is 18.1 Å². The molecule has 5 nitrogen and oxygen atoms in total. The molecule has 0 fully saturated rings. The van der Waals surface area contributed by atoms with E-state index in [-0.39, 0.29) is 11.9 Å². The highest BCUT2D eigenvalue weighted by Gasteiger charge is 2.26. The number of nitrogens with zero attached hydrogens (tertiary/aromatic N) is 1. The zero-order valence-corrected chi connectivity index (χ0v) is 14.9. The average molecular weight is 340 g/mol. The second-order valence-corrected chi connectivity index (χ2v) is 6.23. The molecule has 5 heteroatoms. The Hall–Kier alpha value is -2.53. The van der Waals surface area contributed by atoms with Crippen LogP contribution in [0.2, 0.25) is 0 Å². The fourth-order valence-electron chi connectivity index (χ4n) is 3.17. The largest absolute Gasteiger partial charge is 0.493 e. The Morgan fingerprint density at radius 3 is 2.36 bits per heavy atom. The maximum atomic E-state index is 12.5. The number of methoxy groups -OCH3 is 2. The number of amides is 1. The van der Waals surface area contributed by atoms with E-state index in [2.05, 4.69) is 10.2 Å². The molecule has 0 radical (unpaired) electrons. The zero-order chi connectivity index (χ0) is 17.8. The summed E-state index contributed by atoms with van der Waals surface area (Å²) in [4.78, 5) is 14.7. The van der Waals surface area contributed by atoms with Crippen molar-refractivity contribution in [2.24, 2.45) is 0 Å². The second kappa shape index (κ2) is 7.57. The SMILES string of the molecule is COc1cc2c(cc1OC)CN([C@H](C)C(=O)Nc1ccccc1)CC2. The number of anilines is 1. The van der Waals surface area contributed by atoms with E-state index in [4.69, 9.17) is 9.47 Å². The van der Waals surface area contributed by atoms with Crippen LogP contribution in [0, 0.1) is 0 Å². The summed E-state index contributed by atoms with van der Waals surface area (Å²) >= 11 is 0. The van der Waals surface area contributed by atoms with E-state index >= 15 is 0 Å². The first kappa shape index (κ1) is 17.3. The lowest BCUT2D eigenvalue weighted by atomic mass is 9.97. The summed E-state index contributed by atoms with van der Waals surface area (Å²) in [5.41, 5.74) is 3.26. The topological polar surface area (TPSA) is 50.8 Å². The van der Waals surface area contributed by atoms with E-state index in [0.717, 1.165) is 36.7 Å². The van der Waals surface area contributed by atoms with Crippen LogP contribution in [0.4, 0.5) is 5.69 Å². The Morgan fingerprint density at radius 1 is 1.08 bits per heavy atom. The van der Waals surface area contributed by atoms with Gasteiger partial charge in [-0.2, -0.15) is 0 Å². The molecule has 132 valence electrons. The third kappa shape index (κ3) is 3.77. The number of benzene rings is 2. The van der Waals surface area contributed by atoms with E-state index < -0.39 is 0 Å². The fraction of sp³-hybridized carbons (Fsp3) is 0.350. The van der Waals surface area contributed by atoms with Crippen molar-refractivity contribution >= 4 is 11.6 Å². The van der Waals surface area contributed by atoms with Gasteiger partial charge in [0, 0.05) is 18.8 Å². The van der Waals surface area contributed by atoms with Crippen LogP contribution in [-0.2, 0) is 17.8 Å². The smallest absolute Gasteiger partial charge is 0.241 e.